The van der Waals surface area contributed by atoms with E-state index in [-0.39, 0.29) is 9.99 Å². The van der Waals surface area contributed by atoms with E-state index in [0.29, 0.717) is 5.56 Å². The van der Waals surface area contributed by atoms with Gasteiger partial charge in [0.2, 0.25) is 10.0 Å². The number of aryl methyl sites for hydroxylation is 1. The average molecular weight is 328 g/mol. The van der Waals surface area contributed by atoms with Crippen LogP contribution in [0.2, 0.25) is 0 Å². The SMILES string of the molecule is Cc1cc(F)c(S(=O)(=O)N(CC(F)(F)F)C(C)C)cc1N. The van der Waals surface area contributed by atoms with Crippen molar-refractivity contribution in [2.24, 2.45) is 0 Å². The first-order chi connectivity index (χ1) is 9.36. The maximum absolute atomic E-state index is 13.8. The normalized spacial score (nSPS) is 13.2. The second-order valence-electron chi connectivity index (χ2n) is 4.90. The van der Waals surface area contributed by atoms with E-state index in [4.69, 9.17) is 5.73 Å². The monoisotopic (exact) mass is 328 g/mol. The minimum Gasteiger partial charge on any atom is -0.398 e. The van der Waals surface area contributed by atoms with Gasteiger partial charge < -0.3 is 5.73 Å². The highest BCUT2D eigenvalue weighted by Gasteiger charge is 2.39. The van der Waals surface area contributed by atoms with Gasteiger partial charge in [-0.2, -0.15) is 17.5 Å². The van der Waals surface area contributed by atoms with E-state index in [1.807, 2.05) is 0 Å². The highest BCUT2D eigenvalue weighted by atomic mass is 32.2. The summed E-state index contributed by atoms with van der Waals surface area (Å²) in [5.74, 6) is -1.13. The number of hydrogen-bond donors (Lipinski definition) is 1. The number of benzene rings is 1. The quantitative estimate of drug-likeness (QED) is 0.683. The summed E-state index contributed by atoms with van der Waals surface area (Å²) in [4.78, 5) is -0.858. The van der Waals surface area contributed by atoms with Crippen LogP contribution >= 0.6 is 0 Å². The van der Waals surface area contributed by atoms with Crippen LogP contribution in [0, 0.1) is 12.7 Å². The average Bonchev–Trinajstić information content (AvgIpc) is 2.29. The number of sulfonamides is 1. The van der Waals surface area contributed by atoms with Crippen molar-refractivity contribution >= 4 is 15.7 Å². The molecule has 120 valence electrons. The summed E-state index contributed by atoms with van der Waals surface area (Å²) < 4.78 is 76.2. The molecule has 0 bridgehead atoms. The Labute approximate surface area is 120 Å². The van der Waals surface area contributed by atoms with Gasteiger partial charge in [0.1, 0.15) is 17.3 Å². The number of nitrogens with two attached hydrogens (primary N) is 1. The molecular weight excluding hydrogens is 312 g/mol. The molecule has 0 heterocycles. The van der Waals surface area contributed by atoms with Gasteiger partial charge in [-0.3, -0.25) is 0 Å². The summed E-state index contributed by atoms with van der Waals surface area (Å²) in [6.07, 6.45) is -4.73. The minimum absolute atomic E-state index is 0.00862. The number of halogens is 4. The summed E-state index contributed by atoms with van der Waals surface area (Å²) >= 11 is 0. The topological polar surface area (TPSA) is 63.4 Å². The molecule has 1 aromatic rings. The largest absolute Gasteiger partial charge is 0.402 e. The van der Waals surface area contributed by atoms with Crippen LogP contribution < -0.4 is 5.73 Å². The summed E-state index contributed by atoms with van der Waals surface area (Å²) in [7, 11) is -4.65. The van der Waals surface area contributed by atoms with Crippen LogP contribution in [-0.2, 0) is 10.0 Å². The molecule has 21 heavy (non-hydrogen) atoms. The first-order valence-corrected chi connectivity index (χ1v) is 7.44. The highest BCUT2D eigenvalue weighted by molar-refractivity contribution is 7.89. The third-order valence-electron chi connectivity index (χ3n) is 2.82. The molecule has 0 unspecified atom stereocenters. The van der Waals surface area contributed by atoms with Crippen LogP contribution in [0.5, 0.6) is 0 Å². The lowest BCUT2D eigenvalue weighted by atomic mass is 10.2. The Balaban J connectivity index is 3.40. The Kier molecular flexibility index (Phi) is 4.89. The van der Waals surface area contributed by atoms with Gasteiger partial charge in [-0.05, 0) is 38.5 Å². The highest BCUT2D eigenvalue weighted by Crippen LogP contribution is 2.28. The standard InChI is InChI=1S/C12H16F4N2O2S/c1-7(2)18(6-12(14,15)16)21(19,20)11-5-10(17)8(3)4-9(11)13/h4-5,7H,6,17H2,1-3H3. The molecule has 2 N–H and O–H groups in total. The molecule has 0 atom stereocenters. The van der Waals surface area contributed by atoms with Crippen molar-refractivity contribution in [3.8, 4) is 0 Å². The fourth-order valence-corrected chi connectivity index (χ4v) is 3.42. The number of anilines is 1. The molecule has 1 aromatic carbocycles. The maximum atomic E-state index is 13.8. The Bertz CT molecular complexity index is 627. The van der Waals surface area contributed by atoms with E-state index in [1.165, 1.54) is 20.8 Å². The van der Waals surface area contributed by atoms with Crippen molar-refractivity contribution in [2.45, 2.75) is 37.9 Å². The van der Waals surface area contributed by atoms with E-state index in [9.17, 15) is 26.0 Å². The van der Waals surface area contributed by atoms with E-state index < -0.39 is 39.5 Å². The number of nitrogen functional groups attached to an aromatic ring is 1. The van der Waals surface area contributed by atoms with E-state index in [2.05, 4.69) is 0 Å². The first kappa shape index (κ1) is 17.7. The van der Waals surface area contributed by atoms with Crippen molar-refractivity contribution in [1.82, 2.24) is 4.31 Å². The third-order valence-corrected chi connectivity index (χ3v) is 4.86. The predicted molar refractivity (Wildman–Crippen MR) is 70.6 cm³/mol. The summed E-state index contributed by atoms with van der Waals surface area (Å²) in [5, 5.41) is 0. The molecule has 0 aromatic heterocycles. The van der Waals surface area contributed by atoms with E-state index >= 15 is 0 Å². The fourth-order valence-electron chi connectivity index (χ4n) is 1.71. The van der Waals surface area contributed by atoms with Crippen molar-refractivity contribution in [3.63, 3.8) is 0 Å². The molecule has 0 spiro atoms. The van der Waals surface area contributed by atoms with Crippen LogP contribution in [0.1, 0.15) is 19.4 Å². The van der Waals surface area contributed by atoms with Gasteiger partial charge in [0.05, 0.1) is 0 Å². The molecule has 4 nitrogen and oxygen atoms in total. The molecule has 0 fully saturated rings. The zero-order valence-corrected chi connectivity index (χ0v) is 12.5. The van der Waals surface area contributed by atoms with Gasteiger partial charge in [0, 0.05) is 11.7 Å². The van der Waals surface area contributed by atoms with Gasteiger partial charge in [0.15, 0.2) is 0 Å². The Morgan fingerprint density at radius 3 is 2.24 bits per heavy atom. The molecule has 0 saturated carbocycles. The zero-order valence-electron chi connectivity index (χ0n) is 11.7. The zero-order chi connectivity index (χ0) is 16.6. The van der Waals surface area contributed by atoms with Crippen LogP contribution in [0.25, 0.3) is 0 Å². The van der Waals surface area contributed by atoms with Crippen molar-refractivity contribution < 1.29 is 26.0 Å². The first-order valence-electron chi connectivity index (χ1n) is 6.00. The number of alkyl halides is 3. The van der Waals surface area contributed by atoms with Crippen LogP contribution in [0.4, 0.5) is 23.2 Å². The lowest BCUT2D eigenvalue weighted by molar-refractivity contribution is -0.138. The van der Waals surface area contributed by atoms with Gasteiger partial charge >= 0.3 is 6.18 Å². The summed E-state index contributed by atoms with van der Waals surface area (Å²) in [6, 6.07) is 0.735. The number of rotatable bonds is 4. The molecule has 9 heteroatoms. The van der Waals surface area contributed by atoms with Crippen LogP contribution in [0.3, 0.4) is 0 Å². The van der Waals surface area contributed by atoms with E-state index in [1.54, 1.807) is 0 Å². The van der Waals surface area contributed by atoms with Crippen molar-refractivity contribution in [3.05, 3.63) is 23.5 Å². The van der Waals surface area contributed by atoms with Gasteiger partial charge in [-0.1, -0.05) is 0 Å². The second kappa shape index (κ2) is 5.80. The number of nitrogens with zero attached hydrogens (tertiary/aromatic N) is 1. The molecule has 0 aliphatic rings. The van der Waals surface area contributed by atoms with Gasteiger partial charge in [-0.25, -0.2) is 12.8 Å². The molecule has 0 radical (unpaired) electrons. The predicted octanol–water partition coefficient (Wildman–Crippen LogP) is 2.68. The van der Waals surface area contributed by atoms with Crippen molar-refractivity contribution in [1.29, 1.82) is 0 Å². The molecule has 0 amide bonds. The van der Waals surface area contributed by atoms with E-state index in [0.717, 1.165) is 12.1 Å². The van der Waals surface area contributed by atoms with Crippen LogP contribution in [-0.4, -0.2) is 31.5 Å². The lowest BCUT2D eigenvalue weighted by Crippen LogP contribution is -2.43. The Morgan fingerprint density at radius 1 is 1.29 bits per heavy atom. The van der Waals surface area contributed by atoms with Crippen molar-refractivity contribution in [2.75, 3.05) is 12.3 Å². The molecular formula is C12H16F4N2O2S. The fraction of sp³-hybridized carbons (Fsp3) is 0.500. The molecule has 1 rings (SSSR count). The Morgan fingerprint density at radius 2 is 1.81 bits per heavy atom. The molecule has 0 aliphatic carbocycles. The van der Waals surface area contributed by atoms with Gasteiger partial charge in [-0.15, -0.1) is 0 Å². The second-order valence-corrected chi connectivity index (χ2v) is 6.76. The minimum atomic E-state index is -4.73. The smallest absolute Gasteiger partial charge is 0.398 e. The summed E-state index contributed by atoms with van der Waals surface area (Å²) in [6.45, 7) is 2.32. The maximum Gasteiger partial charge on any atom is 0.402 e. The van der Waals surface area contributed by atoms with Gasteiger partial charge in [0.25, 0.3) is 0 Å². The Hall–Kier alpha value is -1.35. The molecule has 0 saturated heterocycles. The van der Waals surface area contributed by atoms with Crippen LogP contribution in [0.15, 0.2) is 17.0 Å². The lowest BCUT2D eigenvalue weighted by Gasteiger charge is -2.27. The number of hydrogen-bond acceptors (Lipinski definition) is 3. The molecule has 0 aliphatic heterocycles. The summed E-state index contributed by atoms with van der Waals surface area (Å²) in [5.41, 5.74) is 5.81. The third kappa shape index (κ3) is 4.07.